The molecule has 1 aromatic rings. The van der Waals surface area contributed by atoms with Gasteiger partial charge in [0.15, 0.2) is 0 Å². The summed E-state index contributed by atoms with van der Waals surface area (Å²) in [5.41, 5.74) is 2.12. The first-order chi connectivity index (χ1) is 9.88. The van der Waals surface area contributed by atoms with Gasteiger partial charge >= 0.3 is 0 Å². The van der Waals surface area contributed by atoms with Crippen LogP contribution in [0.15, 0.2) is 24.3 Å². The molecular formula is C17H27N3O. The van der Waals surface area contributed by atoms with Crippen molar-refractivity contribution < 1.29 is 4.79 Å². The highest BCUT2D eigenvalue weighted by molar-refractivity contribution is 5.93. The molecular weight excluding hydrogens is 262 g/mol. The van der Waals surface area contributed by atoms with Gasteiger partial charge in [-0.3, -0.25) is 9.69 Å². The Kier molecular flexibility index (Phi) is 5.01. The number of carbonyl (C=O) groups is 1. The molecule has 1 fully saturated rings. The zero-order chi connectivity index (χ0) is 15.5. The highest BCUT2D eigenvalue weighted by atomic mass is 16.2. The maximum atomic E-state index is 12.3. The third-order valence-electron chi connectivity index (χ3n) is 3.99. The SMILES string of the molecule is C[C@@H]1CNCCN1CC(=O)Nc1ccccc1C(C)(C)C. The number of nitrogens with one attached hydrogen (secondary N) is 2. The Bertz CT molecular complexity index is 493. The fraction of sp³-hybridized carbons (Fsp3) is 0.588. The predicted octanol–water partition coefficient (Wildman–Crippen LogP) is 2.22. The standard InChI is InChI=1S/C17H27N3O/c1-13-11-18-9-10-20(13)12-16(21)19-15-8-6-5-7-14(15)17(2,3)4/h5-8,13,18H,9-12H2,1-4H3,(H,19,21)/t13-/m1/s1. The average molecular weight is 289 g/mol. The fourth-order valence-electron chi connectivity index (χ4n) is 2.74. The van der Waals surface area contributed by atoms with E-state index in [0.29, 0.717) is 12.6 Å². The number of hydrogen-bond acceptors (Lipinski definition) is 3. The lowest BCUT2D eigenvalue weighted by Crippen LogP contribution is -2.52. The van der Waals surface area contributed by atoms with E-state index in [1.807, 2.05) is 18.2 Å². The summed E-state index contributed by atoms with van der Waals surface area (Å²) in [6.07, 6.45) is 0. The molecule has 1 amide bonds. The van der Waals surface area contributed by atoms with Crippen molar-refractivity contribution in [2.75, 3.05) is 31.5 Å². The normalized spacial score (nSPS) is 20.3. The van der Waals surface area contributed by atoms with Crippen molar-refractivity contribution in [1.29, 1.82) is 0 Å². The summed E-state index contributed by atoms with van der Waals surface area (Å²) in [4.78, 5) is 14.6. The Labute approximate surface area is 127 Å². The van der Waals surface area contributed by atoms with E-state index in [-0.39, 0.29) is 11.3 Å². The molecule has 0 radical (unpaired) electrons. The monoisotopic (exact) mass is 289 g/mol. The van der Waals surface area contributed by atoms with Gasteiger partial charge in [-0.2, -0.15) is 0 Å². The Balaban J connectivity index is 2.03. The first-order valence-electron chi connectivity index (χ1n) is 7.72. The Morgan fingerprint density at radius 3 is 2.76 bits per heavy atom. The summed E-state index contributed by atoms with van der Waals surface area (Å²) in [6, 6.07) is 8.47. The molecule has 0 spiro atoms. The van der Waals surface area contributed by atoms with Gasteiger partial charge < -0.3 is 10.6 Å². The lowest BCUT2D eigenvalue weighted by molar-refractivity contribution is -0.118. The molecule has 2 N–H and O–H groups in total. The second-order valence-electron chi connectivity index (χ2n) is 6.87. The molecule has 1 heterocycles. The van der Waals surface area contributed by atoms with E-state index >= 15 is 0 Å². The van der Waals surface area contributed by atoms with Crippen LogP contribution in [-0.4, -0.2) is 43.0 Å². The topological polar surface area (TPSA) is 44.4 Å². The summed E-state index contributed by atoms with van der Waals surface area (Å²) >= 11 is 0. The molecule has 116 valence electrons. The van der Waals surface area contributed by atoms with Gasteiger partial charge in [0.1, 0.15) is 0 Å². The number of amides is 1. The number of anilines is 1. The maximum absolute atomic E-state index is 12.3. The van der Waals surface area contributed by atoms with Gasteiger partial charge in [0.25, 0.3) is 0 Å². The molecule has 4 nitrogen and oxygen atoms in total. The summed E-state index contributed by atoms with van der Waals surface area (Å²) < 4.78 is 0. The first-order valence-corrected chi connectivity index (χ1v) is 7.72. The van der Waals surface area contributed by atoms with Gasteiger partial charge in [-0.1, -0.05) is 39.0 Å². The molecule has 0 bridgehead atoms. The van der Waals surface area contributed by atoms with Gasteiger partial charge in [-0.25, -0.2) is 0 Å². The zero-order valence-corrected chi connectivity index (χ0v) is 13.6. The van der Waals surface area contributed by atoms with E-state index in [2.05, 4.69) is 49.3 Å². The second kappa shape index (κ2) is 6.58. The third-order valence-corrected chi connectivity index (χ3v) is 3.99. The molecule has 0 saturated carbocycles. The molecule has 0 unspecified atom stereocenters. The summed E-state index contributed by atoms with van der Waals surface area (Å²) in [6.45, 7) is 11.9. The van der Waals surface area contributed by atoms with Gasteiger partial charge in [0.2, 0.25) is 5.91 Å². The minimum Gasteiger partial charge on any atom is -0.325 e. The molecule has 1 aromatic carbocycles. The number of para-hydroxylation sites is 1. The smallest absolute Gasteiger partial charge is 0.238 e. The van der Waals surface area contributed by atoms with Crippen LogP contribution in [0.2, 0.25) is 0 Å². The molecule has 2 rings (SSSR count). The van der Waals surface area contributed by atoms with Crippen molar-refractivity contribution >= 4 is 11.6 Å². The summed E-state index contributed by atoms with van der Waals surface area (Å²) in [5.74, 6) is 0.0699. The molecule has 4 heteroatoms. The minimum atomic E-state index is 0.0200. The molecule has 0 aliphatic carbocycles. The summed E-state index contributed by atoms with van der Waals surface area (Å²) in [5, 5.41) is 6.43. The van der Waals surface area contributed by atoms with Crippen LogP contribution in [0.25, 0.3) is 0 Å². The Morgan fingerprint density at radius 1 is 1.38 bits per heavy atom. The quantitative estimate of drug-likeness (QED) is 0.897. The van der Waals surface area contributed by atoms with Crippen LogP contribution in [-0.2, 0) is 10.2 Å². The van der Waals surface area contributed by atoms with Crippen molar-refractivity contribution in [2.45, 2.75) is 39.2 Å². The van der Waals surface area contributed by atoms with E-state index in [0.717, 1.165) is 25.3 Å². The number of benzene rings is 1. The van der Waals surface area contributed by atoms with Crippen LogP contribution in [0, 0.1) is 0 Å². The van der Waals surface area contributed by atoms with Crippen LogP contribution < -0.4 is 10.6 Å². The molecule has 21 heavy (non-hydrogen) atoms. The number of piperazine rings is 1. The van der Waals surface area contributed by atoms with Crippen molar-refractivity contribution in [1.82, 2.24) is 10.2 Å². The number of nitrogens with zero attached hydrogens (tertiary/aromatic N) is 1. The molecule has 0 aromatic heterocycles. The highest BCUT2D eigenvalue weighted by Gasteiger charge is 2.22. The van der Waals surface area contributed by atoms with Crippen molar-refractivity contribution in [2.24, 2.45) is 0 Å². The van der Waals surface area contributed by atoms with Crippen LogP contribution in [0.4, 0.5) is 5.69 Å². The van der Waals surface area contributed by atoms with Crippen molar-refractivity contribution in [3.8, 4) is 0 Å². The predicted molar refractivity (Wildman–Crippen MR) is 87.7 cm³/mol. The van der Waals surface area contributed by atoms with Gasteiger partial charge in [-0.15, -0.1) is 0 Å². The van der Waals surface area contributed by atoms with E-state index in [1.54, 1.807) is 0 Å². The molecule has 1 aliphatic rings. The minimum absolute atomic E-state index is 0.0200. The number of rotatable bonds is 3. The molecule has 1 saturated heterocycles. The number of hydrogen-bond donors (Lipinski definition) is 2. The fourth-order valence-corrected chi connectivity index (χ4v) is 2.74. The van der Waals surface area contributed by atoms with Gasteiger partial charge in [0.05, 0.1) is 6.54 Å². The second-order valence-corrected chi connectivity index (χ2v) is 6.87. The van der Waals surface area contributed by atoms with E-state index in [1.165, 1.54) is 5.56 Å². The van der Waals surface area contributed by atoms with Crippen LogP contribution >= 0.6 is 0 Å². The van der Waals surface area contributed by atoms with Gasteiger partial charge in [-0.05, 0) is 24.0 Å². The van der Waals surface area contributed by atoms with Crippen LogP contribution in [0.5, 0.6) is 0 Å². The Morgan fingerprint density at radius 2 is 2.10 bits per heavy atom. The van der Waals surface area contributed by atoms with Crippen LogP contribution in [0.1, 0.15) is 33.3 Å². The molecule has 1 aliphatic heterocycles. The average Bonchev–Trinajstić information content (AvgIpc) is 2.41. The molecule has 1 atom stereocenters. The lowest BCUT2D eigenvalue weighted by atomic mass is 9.86. The zero-order valence-electron chi connectivity index (χ0n) is 13.6. The largest absolute Gasteiger partial charge is 0.325 e. The first kappa shape index (κ1) is 16.0. The van der Waals surface area contributed by atoms with E-state index in [9.17, 15) is 4.79 Å². The third kappa shape index (κ3) is 4.29. The van der Waals surface area contributed by atoms with Gasteiger partial charge in [0, 0.05) is 31.4 Å². The number of carbonyl (C=O) groups excluding carboxylic acids is 1. The lowest BCUT2D eigenvalue weighted by Gasteiger charge is -2.33. The van der Waals surface area contributed by atoms with Crippen LogP contribution in [0.3, 0.4) is 0 Å². The van der Waals surface area contributed by atoms with Crippen molar-refractivity contribution in [3.05, 3.63) is 29.8 Å². The van der Waals surface area contributed by atoms with E-state index < -0.39 is 0 Å². The van der Waals surface area contributed by atoms with E-state index in [4.69, 9.17) is 0 Å². The Hall–Kier alpha value is -1.39. The highest BCUT2D eigenvalue weighted by Crippen LogP contribution is 2.29. The van der Waals surface area contributed by atoms with Crippen molar-refractivity contribution in [3.63, 3.8) is 0 Å². The summed E-state index contributed by atoms with van der Waals surface area (Å²) in [7, 11) is 0. The maximum Gasteiger partial charge on any atom is 0.238 e.